The molecule has 0 spiro atoms. The number of allylic oxidation sites excluding steroid dienone is 7. The van der Waals surface area contributed by atoms with Gasteiger partial charge in [0.05, 0.1) is 18.8 Å². The predicted molar refractivity (Wildman–Crippen MR) is 163 cm³/mol. The number of hydrogen-bond acceptors (Lipinski definition) is 5. The number of unbranched alkanes of at least 4 members (excludes halogenated alkanes) is 10. The number of aliphatic hydroxyl groups is 4. The highest BCUT2D eigenvalue weighted by Crippen LogP contribution is 2.11. The molecule has 6 heteroatoms. The van der Waals surface area contributed by atoms with Crippen molar-refractivity contribution < 1.29 is 25.2 Å². The van der Waals surface area contributed by atoms with Gasteiger partial charge in [-0.25, -0.2) is 0 Å². The first kappa shape index (κ1) is 37.3. The van der Waals surface area contributed by atoms with Crippen LogP contribution in [0.5, 0.6) is 0 Å². The van der Waals surface area contributed by atoms with Gasteiger partial charge in [-0.05, 0) is 57.8 Å². The number of aliphatic hydroxyl groups excluding tert-OH is 4. The molecule has 0 bridgehead atoms. The van der Waals surface area contributed by atoms with E-state index in [1.54, 1.807) is 6.08 Å². The summed E-state index contributed by atoms with van der Waals surface area (Å²) in [5.74, 6) is -0.671. The average Bonchev–Trinajstić information content (AvgIpc) is 2.94. The Balaban J connectivity index is 4.11. The smallest absolute Gasteiger partial charge is 0.249 e. The normalized spacial score (nSPS) is 15.5. The second kappa shape index (κ2) is 27.8. The number of carbonyl (C=O) groups excluding carboxylic acids is 1. The summed E-state index contributed by atoms with van der Waals surface area (Å²) in [6, 6.07) is -1.04. The van der Waals surface area contributed by atoms with E-state index >= 15 is 0 Å². The van der Waals surface area contributed by atoms with Crippen LogP contribution < -0.4 is 5.32 Å². The molecule has 4 unspecified atom stereocenters. The highest BCUT2D eigenvalue weighted by Gasteiger charge is 2.28. The summed E-state index contributed by atoms with van der Waals surface area (Å²) in [5.41, 5.74) is 0. The third kappa shape index (κ3) is 22.8. The molecule has 1 amide bonds. The molecular formula is C33H59NO5. The minimum absolute atomic E-state index is 0.148. The summed E-state index contributed by atoms with van der Waals surface area (Å²) >= 11 is 0. The Morgan fingerprint density at radius 1 is 0.667 bits per heavy atom. The number of nitrogens with one attached hydrogen (secondary N) is 1. The summed E-state index contributed by atoms with van der Waals surface area (Å²) in [6.45, 7) is 3.89. The zero-order chi connectivity index (χ0) is 29.0. The van der Waals surface area contributed by atoms with Gasteiger partial charge in [0.25, 0.3) is 0 Å². The Bertz CT molecular complexity index is 673. The molecule has 0 saturated heterocycles. The van der Waals surface area contributed by atoms with Crippen molar-refractivity contribution in [1.82, 2.24) is 5.32 Å². The van der Waals surface area contributed by atoms with Gasteiger partial charge in [0.2, 0.25) is 5.91 Å². The molecule has 4 atom stereocenters. The second-order valence-corrected chi connectivity index (χ2v) is 10.4. The van der Waals surface area contributed by atoms with Crippen LogP contribution in [0.4, 0.5) is 0 Å². The van der Waals surface area contributed by atoms with Crippen LogP contribution in [0.1, 0.15) is 123 Å². The minimum atomic E-state index is -1.31. The molecule has 0 heterocycles. The van der Waals surface area contributed by atoms with Gasteiger partial charge < -0.3 is 25.7 Å². The average molecular weight is 550 g/mol. The molecule has 0 rings (SSSR count). The third-order valence-electron chi connectivity index (χ3n) is 6.75. The first-order valence-corrected chi connectivity index (χ1v) is 15.5. The van der Waals surface area contributed by atoms with Crippen molar-refractivity contribution in [3.8, 4) is 0 Å². The van der Waals surface area contributed by atoms with Gasteiger partial charge in [-0.15, -0.1) is 0 Å². The van der Waals surface area contributed by atoms with Gasteiger partial charge in [0, 0.05) is 6.42 Å². The van der Waals surface area contributed by atoms with Crippen LogP contribution in [0.2, 0.25) is 0 Å². The summed E-state index contributed by atoms with van der Waals surface area (Å²) < 4.78 is 0. The van der Waals surface area contributed by atoms with E-state index in [0.717, 1.165) is 38.5 Å². The molecule has 0 aliphatic heterocycles. The van der Waals surface area contributed by atoms with Gasteiger partial charge in [-0.2, -0.15) is 0 Å². The van der Waals surface area contributed by atoms with Gasteiger partial charge >= 0.3 is 0 Å². The SMILES string of the molecule is CCCC/C=C/CC/C=C/CCCC(O)C(O)C(CO)NC(=O)C(O)C/C=C\C/C=C\CCCCCCCC. The number of carbonyl (C=O) groups is 1. The van der Waals surface area contributed by atoms with Gasteiger partial charge in [-0.1, -0.05) is 107 Å². The monoisotopic (exact) mass is 549 g/mol. The van der Waals surface area contributed by atoms with Crippen molar-refractivity contribution in [2.24, 2.45) is 0 Å². The predicted octanol–water partition coefficient (Wildman–Crippen LogP) is 6.44. The minimum Gasteiger partial charge on any atom is -0.394 e. The van der Waals surface area contributed by atoms with Crippen molar-refractivity contribution in [2.75, 3.05) is 6.61 Å². The molecular weight excluding hydrogens is 490 g/mol. The Kier molecular flexibility index (Phi) is 26.6. The lowest BCUT2D eigenvalue weighted by Gasteiger charge is -2.27. The van der Waals surface area contributed by atoms with Crippen LogP contribution in [0.3, 0.4) is 0 Å². The standard InChI is InChI=1S/C33H59NO5/c1-3-5-7-9-11-13-15-17-19-21-23-25-27-31(37)33(39)34-29(28-35)32(38)30(36)26-24-22-20-18-16-14-12-10-8-6-4-2/h10,12,17-20,23,25,29-32,35-38H,3-9,11,13-16,21-22,24,26-28H2,1-2H3,(H,34,39)/b12-10+,19-17-,20-18+,25-23-. The van der Waals surface area contributed by atoms with E-state index in [1.807, 2.05) is 6.08 Å². The van der Waals surface area contributed by atoms with Crippen LogP contribution in [-0.2, 0) is 4.79 Å². The maximum atomic E-state index is 12.3. The van der Waals surface area contributed by atoms with Crippen LogP contribution >= 0.6 is 0 Å². The first-order valence-electron chi connectivity index (χ1n) is 15.5. The lowest BCUT2D eigenvalue weighted by Crippen LogP contribution is -2.52. The zero-order valence-electron chi connectivity index (χ0n) is 24.9. The van der Waals surface area contributed by atoms with Crippen molar-refractivity contribution in [3.63, 3.8) is 0 Å². The largest absolute Gasteiger partial charge is 0.394 e. The summed E-state index contributed by atoms with van der Waals surface area (Å²) in [7, 11) is 0. The Morgan fingerprint density at radius 2 is 1.21 bits per heavy atom. The second-order valence-electron chi connectivity index (χ2n) is 10.4. The molecule has 226 valence electrons. The van der Waals surface area contributed by atoms with Gasteiger partial charge in [0.15, 0.2) is 0 Å². The lowest BCUT2D eigenvalue weighted by molar-refractivity contribution is -0.132. The third-order valence-corrected chi connectivity index (χ3v) is 6.75. The summed E-state index contributed by atoms with van der Waals surface area (Å²) in [4.78, 5) is 12.3. The maximum Gasteiger partial charge on any atom is 0.249 e. The van der Waals surface area contributed by atoms with E-state index in [0.29, 0.717) is 12.8 Å². The van der Waals surface area contributed by atoms with E-state index in [1.165, 1.54) is 51.4 Å². The molecule has 0 radical (unpaired) electrons. The fraction of sp³-hybridized carbons (Fsp3) is 0.727. The molecule has 0 saturated carbocycles. The molecule has 0 fully saturated rings. The Labute approximate surface area is 239 Å². The van der Waals surface area contributed by atoms with Crippen LogP contribution in [0, 0.1) is 0 Å². The van der Waals surface area contributed by atoms with E-state index in [9.17, 15) is 25.2 Å². The van der Waals surface area contributed by atoms with Crippen molar-refractivity contribution in [3.05, 3.63) is 48.6 Å². The maximum absolute atomic E-state index is 12.3. The molecule has 0 aliphatic carbocycles. The van der Waals surface area contributed by atoms with E-state index in [2.05, 4.69) is 55.6 Å². The molecule has 6 nitrogen and oxygen atoms in total. The topological polar surface area (TPSA) is 110 Å². The molecule has 0 aromatic rings. The first-order chi connectivity index (χ1) is 19.0. The number of rotatable bonds is 26. The molecule has 5 N–H and O–H groups in total. The quantitative estimate of drug-likeness (QED) is 0.0630. The molecule has 0 aliphatic rings. The van der Waals surface area contributed by atoms with Crippen LogP contribution in [0.25, 0.3) is 0 Å². The van der Waals surface area contributed by atoms with E-state index in [4.69, 9.17) is 0 Å². The highest BCUT2D eigenvalue weighted by molar-refractivity contribution is 5.81. The van der Waals surface area contributed by atoms with Crippen molar-refractivity contribution >= 4 is 5.91 Å². The van der Waals surface area contributed by atoms with Crippen LogP contribution in [-0.4, -0.2) is 57.3 Å². The Morgan fingerprint density at radius 3 is 1.87 bits per heavy atom. The molecule has 0 aromatic heterocycles. The Hall–Kier alpha value is -1.73. The summed E-state index contributed by atoms with van der Waals surface area (Å²) in [5, 5.41) is 42.9. The molecule has 39 heavy (non-hydrogen) atoms. The lowest BCUT2D eigenvalue weighted by atomic mass is 10.0. The fourth-order valence-electron chi connectivity index (χ4n) is 4.15. The van der Waals surface area contributed by atoms with Crippen molar-refractivity contribution in [1.29, 1.82) is 0 Å². The van der Waals surface area contributed by atoms with Crippen LogP contribution in [0.15, 0.2) is 48.6 Å². The van der Waals surface area contributed by atoms with Gasteiger partial charge in [-0.3, -0.25) is 4.79 Å². The fourth-order valence-corrected chi connectivity index (χ4v) is 4.15. The van der Waals surface area contributed by atoms with E-state index < -0.39 is 36.9 Å². The van der Waals surface area contributed by atoms with Gasteiger partial charge in [0.1, 0.15) is 12.2 Å². The van der Waals surface area contributed by atoms with Crippen molar-refractivity contribution in [2.45, 2.75) is 147 Å². The number of amides is 1. The number of hydrogen-bond donors (Lipinski definition) is 5. The zero-order valence-corrected chi connectivity index (χ0v) is 24.9. The van der Waals surface area contributed by atoms with E-state index in [-0.39, 0.29) is 6.42 Å². The highest BCUT2D eigenvalue weighted by atomic mass is 16.3. The summed E-state index contributed by atoms with van der Waals surface area (Å²) in [6.07, 6.45) is 30.1. The molecule has 0 aromatic carbocycles.